The number of aliphatic hydroxyl groups excluding tert-OH is 1. The molecule has 0 amide bonds. The first kappa shape index (κ1) is 15.2. The Hall–Kier alpha value is -1.18. The monoisotopic (exact) mass is 312 g/mol. The Kier molecular flexibility index (Phi) is 4.62. The van der Waals surface area contributed by atoms with Crippen LogP contribution < -0.4 is 9.47 Å². The van der Waals surface area contributed by atoms with Crippen molar-refractivity contribution in [1.29, 1.82) is 0 Å². The van der Waals surface area contributed by atoms with Gasteiger partial charge in [-0.2, -0.15) is 13.2 Å². The lowest BCUT2D eigenvalue weighted by Gasteiger charge is -2.21. The Morgan fingerprint density at radius 2 is 1.85 bits per heavy atom. The fourth-order valence-corrected chi connectivity index (χ4v) is 1.99. The van der Waals surface area contributed by atoms with Crippen LogP contribution in [0.3, 0.4) is 0 Å². The Morgan fingerprint density at radius 1 is 1.25 bits per heavy atom. The first-order valence-electron chi connectivity index (χ1n) is 5.78. The van der Waals surface area contributed by atoms with Gasteiger partial charge in [-0.3, -0.25) is 0 Å². The van der Waals surface area contributed by atoms with Crippen molar-refractivity contribution >= 4 is 11.6 Å². The molecule has 1 unspecified atom stereocenters. The first-order chi connectivity index (χ1) is 9.37. The van der Waals surface area contributed by atoms with Crippen LogP contribution in [0.25, 0.3) is 0 Å². The summed E-state index contributed by atoms with van der Waals surface area (Å²) in [5, 5.41) is 10.0. The van der Waals surface area contributed by atoms with E-state index in [0.717, 1.165) is 0 Å². The molecule has 0 spiro atoms. The smallest absolute Gasteiger partial charge is 0.411 e. The molecule has 1 N–H and O–H groups in total. The third kappa shape index (κ3) is 3.91. The van der Waals surface area contributed by atoms with Crippen molar-refractivity contribution in [1.82, 2.24) is 0 Å². The van der Waals surface area contributed by atoms with Gasteiger partial charge in [0.25, 0.3) is 0 Å². The second kappa shape index (κ2) is 6.07. The minimum absolute atomic E-state index is 0.178. The topological polar surface area (TPSA) is 47.9 Å². The molecule has 1 aromatic rings. The van der Waals surface area contributed by atoms with Gasteiger partial charge in [-0.25, -0.2) is 0 Å². The van der Waals surface area contributed by atoms with Crippen LogP contribution >= 0.6 is 11.6 Å². The summed E-state index contributed by atoms with van der Waals surface area (Å²) >= 11 is 5.95. The molecule has 1 aliphatic heterocycles. The van der Waals surface area contributed by atoms with E-state index >= 15 is 0 Å². The number of aliphatic hydroxyl groups is 1. The average Bonchev–Trinajstić information content (AvgIpc) is 2.36. The van der Waals surface area contributed by atoms with Crippen molar-refractivity contribution in [3.8, 4) is 11.5 Å². The number of halogens is 4. The number of hydrogen-bond acceptors (Lipinski definition) is 4. The van der Waals surface area contributed by atoms with Gasteiger partial charge in [0.05, 0.1) is 11.6 Å². The second-order valence-corrected chi connectivity index (χ2v) is 4.57. The SMILES string of the molecule is OC(COCC(F)(F)F)c1cc2c(cc1Cl)OCCO2. The highest BCUT2D eigenvalue weighted by atomic mass is 35.5. The van der Waals surface area contributed by atoms with E-state index in [9.17, 15) is 18.3 Å². The van der Waals surface area contributed by atoms with Crippen LogP contribution in [-0.2, 0) is 4.74 Å². The summed E-state index contributed by atoms with van der Waals surface area (Å²) in [7, 11) is 0. The maximum atomic E-state index is 11.9. The van der Waals surface area contributed by atoms with E-state index in [1.54, 1.807) is 0 Å². The Labute approximate surface area is 118 Å². The summed E-state index contributed by atoms with van der Waals surface area (Å²) in [4.78, 5) is 0. The van der Waals surface area contributed by atoms with E-state index in [0.29, 0.717) is 24.7 Å². The molecule has 0 saturated carbocycles. The standard InChI is InChI=1S/C12H12ClF3O4/c13-8-4-11-10(19-1-2-20-11)3-7(8)9(17)5-18-6-12(14,15)16/h3-4,9,17H,1-2,5-6H2. The third-order valence-corrected chi connectivity index (χ3v) is 2.89. The highest BCUT2D eigenvalue weighted by Crippen LogP contribution is 2.37. The summed E-state index contributed by atoms with van der Waals surface area (Å²) in [6, 6.07) is 2.90. The molecule has 0 saturated heterocycles. The summed E-state index contributed by atoms with van der Waals surface area (Å²) < 4.78 is 50.8. The zero-order chi connectivity index (χ0) is 14.8. The highest BCUT2D eigenvalue weighted by molar-refractivity contribution is 6.31. The van der Waals surface area contributed by atoms with Gasteiger partial charge in [0.1, 0.15) is 25.9 Å². The van der Waals surface area contributed by atoms with Gasteiger partial charge in [0, 0.05) is 11.6 Å². The number of hydrogen-bond donors (Lipinski definition) is 1. The van der Waals surface area contributed by atoms with E-state index in [4.69, 9.17) is 21.1 Å². The van der Waals surface area contributed by atoms with Crippen LogP contribution in [0.2, 0.25) is 5.02 Å². The Bertz CT molecular complexity index is 479. The van der Waals surface area contributed by atoms with Gasteiger partial charge >= 0.3 is 6.18 Å². The molecule has 0 bridgehead atoms. The second-order valence-electron chi connectivity index (χ2n) is 4.16. The number of fused-ring (bicyclic) bond motifs is 1. The van der Waals surface area contributed by atoms with E-state index in [2.05, 4.69) is 4.74 Å². The molecule has 1 aromatic carbocycles. The molecule has 4 nitrogen and oxygen atoms in total. The highest BCUT2D eigenvalue weighted by Gasteiger charge is 2.28. The largest absolute Gasteiger partial charge is 0.486 e. The van der Waals surface area contributed by atoms with Gasteiger partial charge < -0.3 is 19.3 Å². The number of benzene rings is 1. The van der Waals surface area contributed by atoms with E-state index in [1.165, 1.54) is 12.1 Å². The zero-order valence-corrected chi connectivity index (χ0v) is 11.0. The van der Waals surface area contributed by atoms with Crippen LogP contribution in [0.5, 0.6) is 11.5 Å². The lowest BCUT2D eigenvalue weighted by Crippen LogP contribution is -2.20. The van der Waals surface area contributed by atoms with E-state index in [-0.39, 0.29) is 10.6 Å². The lowest BCUT2D eigenvalue weighted by molar-refractivity contribution is -0.179. The molecule has 0 radical (unpaired) electrons. The first-order valence-corrected chi connectivity index (χ1v) is 6.16. The van der Waals surface area contributed by atoms with Crippen LogP contribution in [0.4, 0.5) is 13.2 Å². The van der Waals surface area contributed by atoms with Crippen molar-refractivity contribution in [2.24, 2.45) is 0 Å². The summed E-state index contributed by atoms with van der Waals surface area (Å²) in [6.07, 6.45) is -5.71. The van der Waals surface area contributed by atoms with Crippen LogP contribution in [0.15, 0.2) is 12.1 Å². The van der Waals surface area contributed by atoms with Gasteiger partial charge in [0.15, 0.2) is 11.5 Å². The average molecular weight is 313 g/mol. The van der Waals surface area contributed by atoms with Crippen molar-refractivity contribution in [2.45, 2.75) is 12.3 Å². The van der Waals surface area contributed by atoms with Gasteiger partial charge in [-0.1, -0.05) is 11.6 Å². The molecule has 1 atom stereocenters. The zero-order valence-electron chi connectivity index (χ0n) is 10.2. The normalized spacial score (nSPS) is 16.1. The quantitative estimate of drug-likeness (QED) is 0.928. The van der Waals surface area contributed by atoms with E-state index < -0.39 is 25.5 Å². The maximum Gasteiger partial charge on any atom is 0.411 e. The number of ether oxygens (including phenoxy) is 3. The van der Waals surface area contributed by atoms with Crippen LogP contribution in [0.1, 0.15) is 11.7 Å². The summed E-state index contributed by atoms with van der Waals surface area (Å²) in [5.74, 6) is 0.832. The van der Waals surface area contributed by atoms with Crippen molar-refractivity contribution in [3.05, 3.63) is 22.7 Å². The van der Waals surface area contributed by atoms with Gasteiger partial charge in [-0.05, 0) is 6.07 Å². The molecule has 0 aliphatic carbocycles. The molecule has 0 fully saturated rings. The fourth-order valence-electron chi connectivity index (χ4n) is 1.71. The molecule has 1 heterocycles. The molecule has 8 heteroatoms. The molecule has 2 rings (SSSR count). The van der Waals surface area contributed by atoms with E-state index in [1.807, 2.05) is 0 Å². The van der Waals surface area contributed by atoms with Gasteiger partial charge in [0.2, 0.25) is 0 Å². The molecule has 20 heavy (non-hydrogen) atoms. The van der Waals surface area contributed by atoms with Crippen molar-refractivity contribution < 1.29 is 32.5 Å². The van der Waals surface area contributed by atoms with Crippen LogP contribution in [-0.4, -0.2) is 37.7 Å². The minimum atomic E-state index is -4.43. The van der Waals surface area contributed by atoms with Crippen molar-refractivity contribution in [3.63, 3.8) is 0 Å². The summed E-state index contributed by atoms with van der Waals surface area (Å²) in [6.45, 7) is -1.19. The molecule has 0 aromatic heterocycles. The lowest BCUT2D eigenvalue weighted by atomic mass is 10.1. The van der Waals surface area contributed by atoms with Crippen molar-refractivity contribution in [2.75, 3.05) is 26.4 Å². The summed E-state index contributed by atoms with van der Waals surface area (Å²) in [5.41, 5.74) is 0.234. The Morgan fingerprint density at radius 3 is 2.45 bits per heavy atom. The molecule has 112 valence electrons. The fraction of sp³-hybridized carbons (Fsp3) is 0.500. The minimum Gasteiger partial charge on any atom is -0.486 e. The molecule has 1 aliphatic rings. The predicted octanol–water partition coefficient (Wildman–Crippen LogP) is 2.72. The molecular weight excluding hydrogens is 301 g/mol. The third-order valence-electron chi connectivity index (χ3n) is 2.56. The Balaban J connectivity index is 2.04. The predicted molar refractivity (Wildman–Crippen MR) is 64.3 cm³/mol. The van der Waals surface area contributed by atoms with Crippen LogP contribution in [0, 0.1) is 0 Å². The maximum absolute atomic E-state index is 11.9. The number of alkyl halides is 3. The number of rotatable bonds is 4. The molecular formula is C12H12ClF3O4. The van der Waals surface area contributed by atoms with Gasteiger partial charge in [-0.15, -0.1) is 0 Å².